The van der Waals surface area contributed by atoms with Crippen molar-refractivity contribution in [3.63, 3.8) is 0 Å². The summed E-state index contributed by atoms with van der Waals surface area (Å²) >= 11 is 12.9. The molecule has 0 fully saturated rings. The Morgan fingerprint density at radius 2 is 1.90 bits per heavy atom. The summed E-state index contributed by atoms with van der Waals surface area (Å²) in [6.45, 7) is 6.13. The molecule has 2 aromatic carbocycles. The molecule has 0 N–H and O–H groups in total. The quantitative estimate of drug-likeness (QED) is 0.527. The number of amides is 1. The molecule has 3 aromatic rings. The molecule has 1 amide bonds. The van der Waals surface area contributed by atoms with Crippen LogP contribution in [0.1, 0.15) is 42.3 Å². The van der Waals surface area contributed by atoms with Gasteiger partial charge in [0.25, 0.3) is 0 Å². The Morgan fingerprint density at radius 1 is 1.16 bits per heavy atom. The lowest BCUT2D eigenvalue weighted by Crippen LogP contribution is -2.40. The standard InChI is InChI=1S/C21H20Cl2N4O4/c1-21(2,3)30-20(29)26-9-8-13-12(11-26)10-14(22)17(18(13)23)19(28)31-27-16-7-5-4-6-15(16)24-25-27/h4-7,10H,8-9,11H2,1-3H3. The van der Waals surface area contributed by atoms with Crippen LogP contribution in [0.4, 0.5) is 4.79 Å². The molecule has 0 unspecified atom stereocenters. The maximum atomic E-state index is 12.8. The van der Waals surface area contributed by atoms with Gasteiger partial charge in [0.15, 0.2) is 0 Å². The molecule has 0 atom stereocenters. The number of nitrogens with zero attached hydrogens (tertiary/aromatic N) is 4. The topological polar surface area (TPSA) is 86.5 Å². The van der Waals surface area contributed by atoms with Gasteiger partial charge in [-0.15, -0.1) is 5.10 Å². The van der Waals surface area contributed by atoms with Crippen molar-refractivity contribution in [1.82, 2.24) is 20.1 Å². The van der Waals surface area contributed by atoms with E-state index in [1.54, 1.807) is 35.2 Å². The molecule has 0 bridgehead atoms. The Hall–Kier alpha value is -2.84. The minimum Gasteiger partial charge on any atom is -0.444 e. The van der Waals surface area contributed by atoms with Gasteiger partial charge >= 0.3 is 12.1 Å². The zero-order valence-electron chi connectivity index (χ0n) is 17.2. The molecule has 0 radical (unpaired) electrons. The van der Waals surface area contributed by atoms with E-state index in [2.05, 4.69) is 10.3 Å². The van der Waals surface area contributed by atoms with Gasteiger partial charge in [0.2, 0.25) is 0 Å². The van der Waals surface area contributed by atoms with Gasteiger partial charge in [0, 0.05) is 13.1 Å². The Kier molecular flexibility index (Phi) is 5.53. The van der Waals surface area contributed by atoms with E-state index in [0.717, 1.165) is 16.0 Å². The first-order chi connectivity index (χ1) is 14.6. The third-order valence-corrected chi connectivity index (χ3v) is 5.47. The molecular formula is C21H20Cl2N4O4. The number of para-hydroxylation sites is 1. The normalized spacial score (nSPS) is 13.8. The molecule has 2 heterocycles. The van der Waals surface area contributed by atoms with Gasteiger partial charge < -0.3 is 14.5 Å². The number of aromatic nitrogens is 3. The fourth-order valence-corrected chi connectivity index (χ4v) is 4.11. The number of hydrogen-bond donors (Lipinski definition) is 0. The molecule has 162 valence electrons. The lowest BCUT2D eigenvalue weighted by Gasteiger charge is -2.32. The maximum Gasteiger partial charge on any atom is 0.410 e. The molecule has 10 heteroatoms. The zero-order valence-corrected chi connectivity index (χ0v) is 18.7. The smallest absolute Gasteiger partial charge is 0.410 e. The molecule has 1 aromatic heterocycles. The monoisotopic (exact) mass is 462 g/mol. The van der Waals surface area contributed by atoms with Gasteiger partial charge in [-0.3, -0.25) is 0 Å². The van der Waals surface area contributed by atoms with Crippen LogP contribution in [-0.2, 0) is 17.7 Å². The number of carbonyl (C=O) groups is 2. The van der Waals surface area contributed by atoms with E-state index in [4.69, 9.17) is 32.8 Å². The van der Waals surface area contributed by atoms with E-state index in [1.165, 1.54) is 0 Å². The van der Waals surface area contributed by atoms with Crippen LogP contribution in [0, 0.1) is 0 Å². The molecule has 0 spiro atoms. The number of hydrogen-bond acceptors (Lipinski definition) is 6. The Balaban J connectivity index is 1.59. The number of ether oxygens (including phenoxy) is 1. The van der Waals surface area contributed by atoms with Crippen molar-refractivity contribution in [2.45, 2.75) is 39.3 Å². The van der Waals surface area contributed by atoms with Crippen molar-refractivity contribution in [3.8, 4) is 0 Å². The fourth-order valence-electron chi connectivity index (χ4n) is 3.36. The molecule has 1 aliphatic rings. The first-order valence-corrected chi connectivity index (χ1v) is 10.4. The highest BCUT2D eigenvalue weighted by molar-refractivity contribution is 6.40. The van der Waals surface area contributed by atoms with Crippen molar-refractivity contribution in [3.05, 3.63) is 57.1 Å². The second-order valence-electron chi connectivity index (χ2n) is 8.17. The second-order valence-corrected chi connectivity index (χ2v) is 8.95. The summed E-state index contributed by atoms with van der Waals surface area (Å²) in [7, 11) is 0. The van der Waals surface area contributed by atoms with E-state index < -0.39 is 17.7 Å². The minimum absolute atomic E-state index is 0.0485. The van der Waals surface area contributed by atoms with Gasteiger partial charge in [-0.1, -0.05) is 40.2 Å². The summed E-state index contributed by atoms with van der Waals surface area (Å²) in [6, 6.07) is 8.70. The van der Waals surface area contributed by atoms with Crippen LogP contribution >= 0.6 is 23.2 Å². The summed E-state index contributed by atoms with van der Waals surface area (Å²) in [4.78, 5) is 33.2. The SMILES string of the molecule is CC(C)(C)OC(=O)N1CCc2c(cc(Cl)c(C(=O)On3nnc4ccccc43)c2Cl)C1. The van der Waals surface area contributed by atoms with Gasteiger partial charge in [-0.25, -0.2) is 9.59 Å². The molecule has 0 saturated heterocycles. The Morgan fingerprint density at radius 3 is 2.65 bits per heavy atom. The summed E-state index contributed by atoms with van der Waals surface area (Å²) in [5.41, 5.74) is 2.09. The fraction of sp³-hybridized carbons (Fsp3) is 0.333. The van der Waals surface area contributed by atoms with E-state index in [-0.39, 0.29) is 22.2 Å². The van der Waals surface area contributed by atoms with E-state index in [0.29, 0.717) is 24.0 Å². The van der Waals surface area contributed by atoms with Gasteiger partial charge in [0.05, 0.1) is 15.6 Å². The summed E-state index contributed by atoms with van der Waals surface area (Å²) in [6.07, 6.45) is 0.0452. The van der Waals surface area contributed by atoms with Crippen LogP contribution in [0.5, 0.6) is 0 Å². The Labute approximate surface area is 188 Å². The summed E-state index contributed by atoms with van der Waals surface area (Å²) in [5, 5.41) is 8.13. The predicted molar refractivity (Wildman–Crippen MR) is 115 cm³/mol. The molecule has 1 aliphatic heterocycles. The molecule has 31 heavy (non-hydrogen) atoms. The van der Waals surface area contributed by atoms with Crippen LogP contribution in [0.3, 0.4) is 0 Å². The van der Waals surface area contributed by atoms with Gasteiger partial charge in [-0.05, 0) is 61.7 Å². The van der Waals surface area contributed by atoms with Crippen molar-refractivity contribution >= 4 is 46.3 Å². The minimum atomic E-state index is -0.747. The van der Waals surface area contributed by atoms with Crippen LogP contribution in [0.15, 0.2) is 30.3 Å². The third-order valence-electron chi connectivity index (χ3n) is 4.75. The molecule has 8 nitrogen and oxygen atoms in total. The average molecular weight is 463 g/mol. The number of halogens is 2. The van der Waals surface area contributed by atoms with E-state index in [9.17, 15) is 9.59 Å². The first kappa shape index (κ1) is 21.4. The zero-order chi connectivity index (χ0) is 22.3. The molecule has 4 rings (SSSR count). The van der Waals surface area contributed by atoms with E-state index in [1.807, 2.05) is 20.8 Å². The summed E-state index contributed by atoms with van der Waals surface area (Å²) in [5.74, 6) is -0.747. The predicted octanol–water partition coefficient (Wildman–Crippen LogP) is 4.30. The van der Waals surface area contributed by atoms with Crippen LogP contribution in [0.25, 0.3) is 11.0 Å². The number of fused-ring (bicyclic) bond motifs is 2. The van der Waals surface area contributed by atoms with Crippen LogP contribution < -0.4 is 4.84 Å². The lowest BCUT2D eigenvalue weighted by molar-refractivity contribution is 0.0222. The van der Waals surface area contributed by atoms with Crippen molar-refractivity contribution in [2.75, 3.05) is 6.54 Å². The van der Waals surface area contributed by atoms with Crippen molar-refractivity contribution in [2.24, 2.45) is 0 Å². The van der Waals surface area contributed by atoms with Crippen molar-refractivity contribution < 1.29 is 19.2 Å². The average Bonchev–Trinajstić information content (AvgIpc) is 3.09. The van der Waals surface area contributed by atoms with E-state index >= 15 is 0 Å². The third kappa shape index (κ3) is 4.31. The lowest BCUT2D eigenvalue weighted by atomic mass is 9.97. The summed E-state index contributed by atoms with van der Waals surface area (Å²) < 4.78 is 5.44. The highest BCUT2D eigenvalue weighted by Gasteiger charge is 2.30. The van der Waals surface area contributed by atoms with Crippen molar-refractivity contribution in [1.29, 1.82) is 0 Å². The molecular weight excluding hydrogens is 443 g/mol. The highest BCUT2D eigenvalue weighted by Crippen LogP contribution is 2.35. The van der Waals surface area contributed by atoms with Gasteiger partial charge in [-0.2, -0.15) is 0 Å². The number of carbonyl (C=O) groups excluding carboxylic acids is 2. The molecule has 0 aliphatic carbocycles. The Bertz CT molecular complexity index is 1190. The second kappa shape index (κ2) is 8.01. The molecule has 0 saturated carbocycles. The highest BCUT2D eigenvalue weighted by atomic mass is 35.5. The number of benzene rings is 2. The van der Waals surface area contributed by atoms with Crippen LogP contribution in [-0.4, -0.2) is 44.3 Å². The maximum absolute atomic E-state index is 12.8. The van der Waals surface area contributed by atoms with Crippen LogP contribution in [0.2, 0.25) is 10.0 Å². The first-order valence-electron chi connectivity index (χ1n) is 9.65. The largest absolute Gasteiger partial charge is 0.444 e. The number of rotatable bonds is 2. The van der Waals surface area contributed by atoms with Gasteiger partial charge in [0.1, 0.15) is 16.6 Å².